The van der Waals surface area contributed by atoms with Crippen LogP contribution in [0.15, 0.2) is 43.0 Å². The summed E-state index contributed by atoms with van der Waals surface area (Å²) in [6, 6.07) is 9.48. The molecule has 0 aromatic heterocycles. The van der Waals surface area contributed by atoms with E-state index in [0.29, 0.717) is 23.1 Å². The topological polar surface area (TPSA) is 75.6 Å². The molecule has 2 aromatic carbocycles. The van der Waals surface area contributed by atoms with Gasteiger partial charge in [0.1, 0.15) is 6.61 Å². The molecule has 0 heterocycles. The summed E-state index contributed by atoms with van der Waals surface area (Å²) in [6.07, 6.45) is 0.624. The molecule has 0 atom stereocenters. The zero-order valence-electron chi connectivity index (χ0n) is 12.1. The van der Waals surface area contributed by atoms with E-state index in [1.54, 1.807) is 24.3 Å². The monoisotopic (exact) mass is 315 g/mol. The number of carbonyl (C=O) groups is 2. The van der Waals surface area contributed by atoms with Gasteiger partial charge in [-0.1, -0.05) is 30.9 Å². The number of hydrogen-bond acceptors (Lipinski definition) is 3. The smallest absolute Gasteiger partial charge is 0.409 e. The highest BCUT2D eigenvalue weighted by Crippen LogP contribution is 2.24. The van der Waals surface area contributed by atoms with Gasteiger partial charge in [-0.3, -0.25) is 10.1 Å². The Labute approximate surface area is 132 Å². The third-order valence-corrected chi connectivity index (χ3v) is 3.09. The van der Waals surface area contributed by atoms with Gasteiger partial charge >= 0.3 is 6.09 Å². The van der Waals surface area contributed by atoms with Crippen molar-refractivity contribution in [1.29, 1.82) is 0 Å². The van der Waals surface area contributed by atoms with Crippen molar-refractivity contribution in [3.8, 4) is 5.75 Å². The minimum Gasteiger partial charge on any atom is -0.486 e. The molecule has 0 fully saturated rings. The fourth-order valence-corrected chi connectivity index (χ4v) is 2.02. The molecule has 6 heteroatoms. The molecule has 0 aliphatic rings. The average Bonchev–Trinajstić information content (AvgIpc) is 2.53. The van der Waals surface area contributed by atoms with Gasteiger partial charge in [0.05, 0.1) is 5.56 Å². The average molecular weight is 315 g/mol. The van der Waals surface area contributed by atoms with Crippen molar-refractivity contribution >= 4 is 24.1 Å². The van der Waals surface area contributed by atoms with Crippen LogP contribution in [-0.4, -0.2) is 17.5 Å². The van der Waals surface area contributed by atoms with Gasteiger partial charge in [0.2, 0.25) is 0 Å². The van der Waals surface area contributed by atoms with Crippen LogP contribution in [0, 0.1) is 5.82 Å². The van der Waals surface area contributed by atoms with Crippen molar-refractivity contribution in [1.82, 2.24) is 0 Å². The number of rotatable bonds is 6. The van der Waals surface area contributed by atoms with Crippen molar-refractivity contribution in [2.45, 2.75) is 6.61 Å². The molecule has 0 spiro atoms. The molecule has 0 unspecified atom stereocenters. The Morgan fingerprint density at radius 2 is 2.13 bits per heavy atom. The second kappa shape index (κ2) is 7.22. The molecule has 0 aliphatic carbocycles. The van der Waals surface area contributed by atoms with Crippen LogP contribution in [0.1, 0.15) is 21.5 Å². The molecule has 2 N–H and O–H groups in total. The summed E-state index contributed by atoms with van der Waals surface area (Å²) in [7, 11) is 0. The van der Waals surface area contributed by atoms with Crippen LogP contribution in [0.2, 0.25) is 0 Å². The van der Waals surface area contributed by atoms with Crippen LogP contribution in [0.5, 0.6) is 5.75 Å². The lowest BCUT2D eigenvalue weighted by atomic mass is 10.1. The summed E-state index contributed by atoms with van der Waals surface area (Å²) >= 11 is 0. The zero-order chi connectivity index (χ0) is 16.8. The van der Waals surface area contributed by atoms with E-state index in [0.717, 1.165) is 0 Å². The second-order valence-electron chi connectivity index (χ2n) is 4.62. The van der Waals surface area contributed by atoms with E-state index in [4.69, 9.17) is 9.84 Å². The first-order valence-corrected chi connectivity index (χ1v) is 6.67. The molecule has 0 saturated heterocycles. The van der Waals surface area contributed by atoms with Gasteiger partial charge in [-0.15, -0.1) is 0 Å². The molecular weight excluding hydrogens is 301 g/mol. The largest absolute Gasteiger partial charge is 0.486 e. The second-order valence-corrected chi connectivity index (χ2v) is 4.62. The Kier molecular flexibility index (Phi) is 5.09. The first-order chi connectivity index (χ1) is 11.0. The van der Waals surface area contributed by atoms with E-state index in [2.05, 4.69) is 11.9 Å². The number of ether oxygens (including phenoxy) is 1. The van der Waals surface area contributed by atoms with Gasteiger partial charge in [0.15, 0.2) is 17.9 Å². The molecule has 0 saturated carbocycles. The molecular formula is C17H14FNO4. The van der Waals surface area contributed by atoms with Crippen molar-refractivity contribution in [3.05, 3.63) is 65.5 Å². The number of carbonyl (C=O) groups excluding carboxylic acids is 1. The Balaban J connectivity index is 2.16. The number of halogens is 1. The van der Waals surface area contributed by atoms with Gasteiger partial charge in [-0.05, 0) is 29.3 Å². The minimum atomic E-state index is -1.18. The summed E-state index contributed by atoms with van der Waals surface area (Å²) in [5.74, 6) is -0.813. The molecule has 118 valence electrons. The van der Waals surface area contributed by atoms with Crippen molar-refractivity contribution in [2.75, 3.05) is 5.32 Å². The highest BCUT2D eigenvalue weighted by atomic mass is 19.1. The number of hydrogen-bond donors (Lipinski definition) is 2. The number of anilines is 1. The van der Waals surface area contributed by atoms with E-state index < -0.39 is 11.9 Å². The number of benzene rings is 2. The van der Waals surface area contributed by atoms with E-state index in [9.17, 15) is 14.0 Å². The highest BCUT2D eigenvalue weighted by Gasteiger charge is 2.12. The number of carboxylic acid groups (broad SMARTS) is 1. The molecule has 5 nitrogen and oxygen atoms in total. The van der Waals surface area contributed by atoms with Crippen LogP contribution in [0.25, 0.3) is 6.08 Å². The summed E-state index contributed by atoms with van der Waals surface area (Å²) in [4.78, 5) is 21.6. The first kappa shape index (κ1) is 16.2. The fourth-order valence-electron chi connectivity index (χ4n) is 2.02. The lowest BCUT2D eigenvalue weighted by Crippen LogP contribution is -2.07. The molecule has 1 amide bonds. The lowest BCUT2D eigenvalue weighted by Gasteiger charge is -2.11. The fraction of sp³-hybridized carbons (Fsp3) is 0.0588. The van der Waals surface area contributed by atoms with Crippen molar-refractivity contribution in [3.63, 3.8) is 0 Å². The van der Waals surface area contributed by atoms with Crippen LogP contribution in [0.3, 0.4) is 0 Å². The Hall–Kier alpha value is -3.15. The normalized spacial score (nSPS) is 9.96. The van der Waals surface area contributed by atoms with E-state index in [-0.39, 0.29) is 17.9 Å². The van der Waals surface area contributed by atoms with Crippen LogP contribution in [-0.2, 0) is 6.61 Å². The van der Waals surface area contributed by atoms with Gasteiger partial charge in [-0.2, -0.15) is 0 Å². The summed E-state index contributed by atoms with van der Waals surface area (Å²) < 4.78 is 19.6. The first-order valence-electron chi connectivity index (χ1n) is 6.67. The van der Waals surface area contributed by atoms with Gasteiger partial charge in [-0.25, -0.2) is 9.18 Å². The summed E-state index contributed by atoms with van der Waals surface area (Å²) in [6.45, 7) is 3.54. The van der Waals surface area contributed by atoms with Crippen LogP contribution < -0.4 is 10.1 Å². The lowest BCUT2D eigenvalue weighted by molar-refractivity contribution is 0.111. The van der Waals surface area contributed by atoms with Gasteiger partial charge in [0, 0.05) is 5.69 Å². The van der Waals surface area contributed by atoms with Crippen LogP contribution in [0.4, 0.5) is 14.9 Å². The third-order valence-electron chi connectivity index (χ3n) is 3.09. The summed E-state index contributed by atoms with van der Waals surface area (Å²) in [5.41, 5.74) is 1.31. The van der Waals surface area contributed by atoms with E-state index in [1.165, 1.54) is 18.2 Å². The number of nitrogens with one attached hydrogen (secondary N) is 1. The van der Waals surface area contributed by atoms with Crippen molar-refractivity contribution in [2.24, 2.45) is 0 Å². The zero-order valence-corrected chi connectivity index (χ0v) is 12.1. The van der Waals surface area contributed by atoms with Gasteiger partial charge in [0.25, 0.3) is 0 Å². The maximum Gasteiger partial charge on any atom is 0.409 e. The Bertz CT molecular complexity index is 758. The van der Waals surface area contributed by atoms with E-state index >= 15 is 0 Å². The molecule has 0 bridgehead atoms. The predicted octanol–water partition coefficient (Wildman–Crippen LogP) is 3.95. The van der Waals surface area contributed by atoms with Crippen LogP contribution >= 0.6 is 0 Å². The quantitative estimate of drug-likeness (QED) is 0.791. The molecule has 0 radical (unpaired) electrons. The molecule has 23 heavy (non-hydrogen) atoms. The van der Waals surface area contributed by atoms with Gasteiger partial charge < -0.3 is 9.84 Å². The molecule has 2 rings (SSSR count). The third kappa shape index (κ3) is 3.94. The Morgan fingerprint density at radius 1 is 1.35 bits per heavy atom. The molecule has 0 aliphatic heterocycles. The van der Waals surface area contributed by atoms with E-state index in [1.807, 2.05) is 0 Å². The van der Waals surface area contributed by atoms with Crippen molar-refractivity contribution < 1.29 is 23.8 Å². The standard InChI is InChI=1S/C17H14FNO4/c1-2-12-6-7-15(16(18)14(12)9-20)23-10-11-4-3-5-13(8-11)19-17(21)22/h2-9,19H,1,10H2,(H,21,22). The molecule has 2 aromatic rings. The SMILES string of the molecule is C=Cc1ccc(OCc2cccc(NC(=O)O)c2)c(F)c1C=O. The predicted molar refractivity (Wildman–Crippen MR) is 84.3 cm³/mol. The Morgan fingerprint density at radius 3 is 2.78 bits per heavy atom. The highest BCUT2D eigenvalue weighted by molar-refractivity contribution is 5.83. The summed E-state index contributed by atoms with van der Waals surface area (Å²) in [5, 5.41) is 10.9. The minimum absolute atomic E-state index is 0.0256. The maximum absolute atomic E-state index is 14.2. The maximum atomic E-state index is 14.2. The number of amides is 1. The number of aldehydes is 1.